The van der Waals surface area contributed by atoms with Crippen LogP contribution in [0, 0.1) is 23.2 Å². The van der Waals surface area contributed by atoms with Crippen molar-refractivity contribution in [1.29, 1.82) is 5.26 Å². The molecule has 19 heavy (non-hydrogen) atoms. The zero-order valence-electron chi connectivity index (χ0n) is 11.7. The van der Waals surface area contributed by atoms with Gasteiger partial charge >= 0.3 is 0 Å². The fourth-order valence-corrected chi connectivity index (χ4v) is 2.89. The van der Waals surface area contributed by atoms with Crippen LogP contribution in [0.3, 0.4) is 0 Å². The van der Waals surface area contributed by atoms with Gasteiger partial charge in [0, 0.05) is 0 Å². The Morgan fingerprint density at radius 2 is 2.05 bits per heavy atom. The van der Waals surface area contributed by atoms with Gasteiger partial charge in [-0.25, -0.2) is 0 Å². The summed E-state index contributed by atoms with van der Waals surface area (Å²) in [5, 5.41) is 9.21. The predicted octanol–water partition coefficient (Wildman–Crippen LogP) is 3.96. The maximum Gasteiger partial charge on any atom is 0.0736 e. The van der Waals surface area contributed by atoms with Crippen molar-refractivity contribution in [2.75, 3.05) is 6.61 Å². The lowest BCUT2D eigenvalue weighted by molar-refractivity contribution is -0.00855. The van der Waals surface area contributed by atoms with Crippen molar-refractivity contribution < 1.29 is 4.74 Å². The van der Waals surface area contributed by atoms with Gasteiger partial charge in [0.1, 0.15) is 0 Å². The Morgan fingerprint density at radius 3 is 2.74 bits per heavy atom. The van der Waals surface area contributed by atoms with E-state index in [4.69, 9.17) is 4.74 Å². The van der Waals surface area contributed by atoms with Crippen molar-refractivity contribution in [3.63, 3.8) is 0 Å². The zero-order chi connectivity index (χ0) is 13.5. The highest BCUT2D eigenvalue weighted by Gasteiger charge is 2.30. The van der Waals surface area contributed by atoms with Crippen LogP contribution in [-0.2, 0) is 11.2 Å². The van der Waals surface area contributed by atoms with Crippen LogP contribution in [0.2, 0.25) is 0 Å². The normalized spacial score (nSPS) is 26.8. The van der Waals surface area contributed by atoms with Gasteiger partial charge < -0.3 is 4.74 Å². The van der Waals surface area contributed by atoms with Crippen molar-refractivity contribution in [3.05, 3.63) is 35.9 Å². The van der Waals surface area contributed by atoms with Crippen LogP contribution in [0.4, 0.5) is 0 Å². The van der Waals surface area contributed by atoms with Crippen LogP contribution in [0.1, 0.15) is 38.2 Å². The second kappa shape index (κ2) is 7.31. The number of hydrogen-bond donors (Lipinski definition) is 0. The molecule has 0 heterocycles. The second-order valence-corrected chi connectivity index (χ2v) is 5.47. The summed E-state index contributed by atoms with van der Waals surface area (Å²) in [4.78, 5) is 0. The highest BCUT2D eigenvalue weighted by atomic mass is 16.5. The molecule has 1 aromatic carbocycles. The maximum atomic E-state index is 9.21. The van der Waals surface area contributed by atoms with Crippen molar-refractivity contribution in [2.24, 2.45) is 11.8 Å². The zero-order valence-corrected chi connectivity index (χ0v) is 11.7. The lowest BCUT2D eigenvalue weighted by Crippen LogP contribution is -2.31. The quantitative estimate of drug-likeness (QED) is 0.799. The van der Waals surface area contributed by atoms with Gasteiger partial charge in [-0.15, -0.1) is 0 Å². The average Bonchev–Trinajstić information content (AvgIpc) is 2.48. The fraction of sp³-hybridized carbons (Fsp3) is 0.588. The topological polar surface area (TPSA) is 33.0 Å². The summed E-state index contributed by atoms with van der Waals surface area (Å²) < 4.78 is 6.00. The summed E-state index contributed by atoms with van der Waals surface area (Å²) in [7, 11) is 0. The minimum atomic E-state index is 0.0959. The molecule has 0 N–H and O–H groups in total. The molecule has 1 aliphatic carbocycles. The van der Waals surface area contributed by atoms with E-state index in [0.29, 0.717) is 0 Å². The van der Waals surface area contributed by atoms with Crippen molar-refractivity contribution in [3.8, 4) is 6.07 Å². The molecule has 3 unspecified atom stereocenters. The average molecular weight is 257 g/mol. The molecule has 2 heteroatoms. The van der Waals surface area contributed by atoms with Crippen molar-refractivity contribution in [1.82, 2.24) is 0 Å². The summed E-state index contributed by atoms with van der Waals surface area (Å²) in [5.74, 6) is 0.838. The first-order chi connectivity index (χ1) is 9.33. The number of hydrogen-bond acceptors (Lipinski definition) is 2. The molecular weight excluding hydrogens is 234 g/mol. The molecule has 0 bridgehead atoms. The highest BCUT2D eigenvalue weighted by Crippen LogP contribution is 2.32. The van der Waals surface area contributed by atoms with E-state index in [-0.39, 0.29) is 12.0 Å². The first-order valence-corrected chi connectivity index (χ1v) is 7.38. The SMILES string of the molecule is CCC1CCC(C#N)C(OCCc2ccccc2)C1. The van der Waals surface area contributed by atoms with Gasteiger partial charge in [-0.3, -0.25) is 0 Å². The second-order valence-electron chi connectivity index (χ2n) is 5.47. The Labute approximate surface area is 116 Å². The van der Waals surface area contributed by atoms with Crippen LogP contribution >= 0.6 is 0 Å². The van der Waals surface area contributed by atoms with Gasteiger partial charge in [0.25, 0.3) is 0 Å². The van der Waals surface area contributed by atoms with E-state index < -0.39 is 0 Å². The third-order valence-electron chi connectivity index (χ3n) is 4.21. The first-order valence-electron chi connectivity index (χ1n) is 7.38. The van der Waals surface area contributed by atoms with Gasteiger partial charge in [-0.1, -0.05) is 43.7 Å². The van der Waals surface area contributed by atoms with Crippen LogP contribution in [0.15, 0.2) is 30.3 Å². The Balaban J connectivity index is 1.81. The molecule has 0 aromatic heterocycles. The molecule has 2 rings (SSSR count). The minimum Gasteiger partial charge on any atom is -0.377 e. The monoisotopic (exact) mass is 257 g/mol. The molecule has 0 amide bonds. The summed E-state index contributed by atoms with van der Waals surface area (Å²) in [5.41, 5.74) is 1.30. The molecule has 3 atom stereocenters. The van der Waals surface area contributed by atoms with Crippen LogP contribution < -0.4 is 0 Å². The van der Waals surface area contributed by atoms with E-state index in [1.54, 1.807) is 0 Å². The minimum absolute atomic E-state index is 0.0959. The lowest BCUT2D eigenvalue weighted by Gasteiger charge is -2.32. The molecule has 0 spiro atoms. The Hall–Kier alpha value is -1.33. The molecule has 1 saturated carbocycles. The number of ether oxygens (including phenoxy) is 1. The van der Waals surface area contributed by atoms with Crippen molar-refractivity contribution in [2.45, 2.75) is 45.1 Å². The highest BCUT2D eigenvalue weighted by molar-refractivity contribution is 5.14. The van der Waals surface area contributed by atoms with E-state index in [0.717, 1.165) is 31.8 Å². The Bertz CT molecular complexity index is 409. The van der Waals surface area contributed by atoms with E-state index in [1.807, 2.05) is 6.07 Å². The first kappa shape index (κ1) is 14.1. The van der Waals surface area contributed by atoms with Gasteiger partial charge in [-0.05, 0) is 37.2 Å². The molecule has 0 radical (unpaired) electrons. The molecule has 102 valence electrons. The Morgan fingerprint density at radius 1 is 1.26 bits per heavy atom. The molecule has 0 saturated heterocycles. The molecule has 1 fully saturated rings. The van der Waals surface area contributed by atoms with E-state index >= 15 is 0 Å². The molecule has 0 aliphatic heterocycles. The summed E-state index contributed by atoms with van der Waals surface area (Å²) in [6.07, 6.45) is 5.54. The van der Waals surface area contributed by atoms with Crippen LogP contribution in [0.5, 0.6) is 0 Å². The largest absolute Gasteiger partial charge is 0.377 e. The Kier molecular flexibility index (Phi) is 5.42. The number of benzene rings is 1. The van der Waals surface area contributed by atoms with E-state index in [2.05, 4.69) is 37.3 Å². The van der Waals surface area contributed by atoms with Gasteiger partial charge in [0.2, 0.25) is 0 Å². The van der Waals surface area contributed by atoms with Crippen LogP contribution in [0.25, 0.3) is 0 Å². The summed E-state index contributed by atoms with van der Waals surface area (Å²) in [6, 6.07) is 12.8. The molecule has 1 aliphatic rings. The summed E-state index contributed by atoms with van der Waals surface area (Å²) in [6.45, 7) is 2.96. The maximum absolute atomic E-state index is 9.21. The number of nitrogens with zero attached hydrogens (tertiary/aromatic N) is 1. The number of nitriles is 1. The van der Waals surface area contributed by atoms with Gasteiger partial charge in [0.05, 0.1) is 24.7 Å². The van der Waals surface area contributed by atoms with Gasteiger partial charge in [-0.2, -0.15) is 5.26 Å². The van der Waals surface area contributed by atoms with E-state index in [1.165, 1.54) is 18.4 Å². The third kappa shape index (κ3) is 4.08. The fourth-order valence-electron chi connectivity index (χ4n) is 2.89. The van der Waals surface area contributed by atoms with Crippen molar-refractivity contribution >= 4 is 0 Å². The standard InChI is InChI=1S/C17H23NO/c1-2-14-8-9-16(13-18)17(12-14)19-11-10-15-6-4-3-5-7-15/h3-7,14,16-17H,2,8-12H2,1H3. The molecule has 1 aromatic rings. The third-order valence-corrected chi connectivity index (χ3v) is 4.21. The summed E-state index contributed by atoms with van der Waals surface area (Å²) >= 11 is 0. The molecule has 2 nitrogen and oxygen atoms in total. The lowest BCUT2D eigenvalue weighted by atomic mass is 9.79. The van der Waals surface area contributed by atoms with E-state index in [9.17, 15) is 5.26 Å². The molecular formula is C17H23NO. The number of rotatable bonds is 5. The van der Waals surface area contributed by atoms with Crippen LogP contribution in [-0.4, -0.2) is 12.7 Å². The predicted molar refractivity (Wildman–Crippen MR) is 76.6 cm³/mol. The van der Waals surface area contributed by atoms with Gasteiger partial charge in [0.15, 0.2) is 0 Å². The smallest absolute Gasteiger partial charge is 0.0736 e.